The third-order valence-electron chi connectivity index (χ3n) is 2.88. The largest absolute Gasteiger partial charge is 0.507 e. The number of benzene rings is 2. The van der Waals surface area contributed by atoms with Gasteiger partial charge >= 0.3 is 0 Å². The fourth-order valence-corrected chi connectivity index (χ4v) is 2.35. The highest BCUT2D eigenvalue weighted by Crippen LogP contribution is 2.32. The first-order chi connectivity index (χ1) is 9.25. The molecule has 19 heavy (non-hydrogen) atoms. The Morgan fingerprint density at radius 2 is 1.79 bits per heavy atom. The lowest BCUT2D eigenvalue weighted by molar-refractivity contribution is 0.476. The molecule has 0 fully saturated rings. The smallest absolute Gasteiger partial charge is 0.126 e. The predicted octanol–water partition coefficient (Wildman–Crippen LogP) is 4.01. The zero-order valence-corrected chi connectivity index (χ0v) is 11.6. The first-order valence-corrected chi connectivity index (χ1v) is 6.63. The van der Waals surface area contributed by atoms with E-state index in [1.807, 2.05) is 53.2 Å². The third kappa shape index (κ3) is 2.27. The van der Waals surface area contributed by atoms with E-state index >= 15 is 0 Å². The molecule has 0 atom stereocenters. The Morgan fingerprint density at radius 3 is 2.53 bits per heavy atom. The summed E-state index contributed by atoms with van der Waals surface area (Å²) < 4.78 is 2.66. The van der Waals surface area contributed by atoms with Crippen molar-refractivity contribution in [2.75, 3.05) is 0 Å². The zero-order chi connectivity index (χ0) is 13.2. The lowest BCUT2D eigenvalue weighted by Crippen LogP contribution is -1.98. The van der Waals surface area contributed by atoms with E-state index in [9.17, 15) is 5.11 Å². The molecule has 3 rings (SSSR count). The van der Waals surface area contributed by atoms with Gasteiger partial charge in [-0.2, -0.15) is 5.10 Å². The summed E-state index contributed by atoms with van der Waals surface area (Å²) in [6.45, 7) is 0. The van der Waals surface area contributed by atoms with Crippen LogP contribution in [-0.4, -0.2) is 14.9 Å². The van der Waals surface area contributed by atoms with Crippen molar-refractivity contribution >= 4 is 15.9 Å². The minimum Gasteiger partial charge on any atom is -0.507 e. The number of nitrogens with zero attached hydrogens (tertiary/aromatic N) is 2. The summed E-state index contributed by atoms with van der Waals surface area (Å²) in [5.41, 5.74) is 2.57. The second-order valence-electron chi connectivity index (χ2n) is 4.13. The minimum absolute atomic E-state index is 0.229. The molecule has 3 nitrogen and oxygen atoms in total. The Bertz CT molecular complexity index is 707. The monoisotopic (exact) mass is 314 g/mol. The summed E-state index contributed by atoms with van der Waals surface area (Å²) in [6, 6.07) is 17.2. The second-order valence-corrected chi connectivity index (χ2v) is 5.04. The predicted molar refractivity (Wildman–Crippen MR) is 78.4 cm³/mol. The van der Waals surface area contributed by atoms with Crippen LogP contribution in [-0.2, 0) is 0 Å². The molecule has 1 N–H and O–H groups in total. The highest BCUT2D eigenvalue weighted by atomic mass is 79.9. The Balaban J connectivity index is 2.15. The summed E-state index contributed by atoms with van der Waals surface area (Å²) in [7, 11) is 0. The van der Waals surface area contributed by atoms with Gasteiger partial charge < -0.3 is 5.11 Å². The number of rotatable bonds is 2. The molecule has 0 amide bonds. The Kier molecular flexibility index (Phi) is 3.09. The molecule has 4 heteroatoms. The van der Waals surface area contributed by atoms with E-state index in [-0.39, 0.29) is 5.75 Å². The fraction of sp³-hybridized carbons (Fsp3) is 0. The van der Waals surface area contributed by atoms with Crippen LogP contribution in [0, 0.1) is 0 Å². The van der Waals surface area contributed by atoms with Crippen LogP contribution >= 0.6 is 15.9 Å². The van der Waals surface area contributed by atoms with Crippen LogP contribution in [0.3, 0.4) is 0 Å². The van der Waals surface area contributed by atoms with Gasteiger partial charge in [-0.3, -0.25) is 0 Å². The van der Waals surface area contributed by atoms with Gasteiger partial charge in [0.25, 0.3) is 0 Å². The number of phenolic OH excluding ortho intramolecular Hbond substituents is 1. The van der Waals surface area contributed by atoms with Crippen molar-refractivity contribution in [1.82, 2.24) is 9.78 Å². The van der Waals surface area contributed by atoms with Crippen LogP contribution < -0.4 is 0 Å². The van der Waals surface area contributed by atoms with Gasteiger partial charge in [0.2, 0.25) is 0 Å². The van der Waals surface area contributed by atoms with Gasteiger partial charge in [0.05, 0.1) is 17.6 Å². The molecule has 94 valence electrons. The van der Waals surface area contributed by atoms with Crippen LogP contribution in [0.15, 0.2) is 65.3 Å². The molecule has 3 aromatic rings. The highest BCUT2D eigenvalue weighted by molar-refractivity contribution is 9.10. The van der Waals surface area contributed by atoms with Crippen LogP contribution in [0.4, 0.5) is 0 Å². The molecule has 0 saturated carbocycles. The molecular weight excluding hydrogens is 304 g/mol. The number of para-hydroxylation sites is 1. The molecule has 0 aliphatic heterocycles. The van der Waals surface area contributed by atoms with E-state index in [0.29, 0.717) is 0 Å². The number of phenols is 1. The van der Waals surface area contributed by atoms with E-state index < -0.39 is 0 Å². The quantitative estimate of drug-likeness (QED) is 0.776. The summed E-state index contributed by atoms with van der Waals surface area (Å²) in [6.07, 6.45) is 1.73. The minimum atomic E-state index is 0.229. The van der Waals surface area contributed by atoms with E-state index in [1.54, 1.807) is 12.3 Å². The number of halogens is 1. The zero-order valence-electron chi connectivity index (χ0n) is 9.99. The molecule has 0 radical (unpaired) electrons. The topological polar surface area (TPSA) is 38.1 Å². The average Bonchev–Trinajstić information content (AvgIpc) is 2.89. The molecule has 0 aliphatic carbocycles. The third-order valence-corrected chi connectivity index (χ3v) is 3.37. The van der Waals surface area contributed by atoms with Crippen molar-refractivity contribution in [2.24, 2.45) is 0 Å². The fourth-order valence-electron chi connectivity index (χ4n) is 2.00. The number of hydrogen-bond acceptors (Lipinski definition) is 2. The van der Waals surface area contributed by atoms with E-state index in [4.69, 9.17) is 0 Å². The maximum absolute atomic E-state index is 10.1. The molecule has 0 spiro atoms. The first-order valence-electron chi connectivity index (χ1n) is 5.84. The van der Waals surface area contributed by atoms with Crippen molar-refractivity contribution in [1.29, 1.82) is 0 Å². The van der Waals surface area contributed by atoms with Crippen molar-refractivity contribution < 1.29 is 5.11 Å². The van der Waals surface area contributed by atoms with Gasteiger partial charge in [0.15, 0.2) is 0 Å². The standard InChI is InChI=1S/C15H11BrN2O/c16-11-6-7-13(15(19)10-11)14-8-9-17-18(14)12-4-2-1-3-5-12/h1-10,19H. The molecule has 0 saturated heterocycles. The van der Waals surface area contributed by atoms with Gasteiger partial charge in [0.1, 0.15) is 5.75 Å². The van der Waals surface area contributed by atoms with Crippen LogP contribution in [0.5, 0.6) is 5.75 Å². The van der Waals surface area contributed by atoms with Gasteiger partial charge in [0, 0.05) is 10.0 Å². The van der Waals surface area contributed by atoms with Crippen LogP contribution in [0.1, 0.15) is 0 Å². The molecule has 0 unspecified atom stereocenters. The summed E-state index contributed by atoms with van der Waals surface area (Å²) in [5, 5.41) is 14.4. The maximum Gasteiger partial charge on any atom is 0.126 e. The molecule has 2 aromatic carbocycles. The van der Waals surface area contributed by atoms with Crippen LogP contribution in [0.25, 0.3) is 16.9 Å². The summed E-state index contributed by atoms with van der Waals surface area (Å²) in [4.78, 5) is 0. The Labute approximate surface area is 119 Å². The SMILES string of the molecule is Oc1cc(Br)ccc1-c1ccnn1-c1ccccc1. The molecule has 1 aromatic heterocycles. The molecule has 1 heterocycles. The van der Waals surface area contributed by atoms with Crippen molar-refractivity contribution in [3.63, 3.8) is 0 Å². The van der Waals surface area contributed by atoms with Crippen molar-refractivity contribution in [3.05, 3.63) is 65.3 Å². The second kappa shape index (κ2) is 4.90. The summed E-state index contributed by atoms with van der Waals surface area (Å²) in [5.74, 6) is 0.229. The Hall–Kier alpha value is -2.07. The van der Waals surface area contributed by atoms with Gasteiger partial charge in [-0.15, -0.1) is 0 Å². The normalized spacial score (nSPS) is 10.6. The van der Waals surface area contributed by atoms with Gasteiger partial charge in [-0.05, 0) is 36.4 Å². The Morgan fingerprint density at radius 1 is 1.00 bits per heavy atom. The highest BCUT2D eigenvalue weighted by Gasteiger charge is 2.11. The first kappa shape index (κ1) is 12.0. The van der Waals surface area contributed by atoms with E-state index in [1.165, 1.54) is 0 Å². The number of aromatic hydroxyl groups is 1. The van der Waals surface area contributed by atoms with Gasteiger partial charge in [-0.25, -0.2) is 4.68 Å². The number of hydrogen-bond donors (Lipinski definition) is 1. The van der Waals surface area contributed by atoms with Crippen molar-refractivity contribution in [2.45, 2.75) is 0 Å². The van der Waals surface area contributed by atoms with E-state index in [0.717, 1.165) is 21.4 Å². The lowest BCUT2D eigenvalue weighted by Gasteiger charge is -2.09. The average molecular weight is 315 g/mol. The van der Waals surface area contributed by atoms with Crippen LogP contribution in [0.2, 0.25) is 0 Å². The lowest BCUT2D eigenvalue weighted by atomic mass is 10.1. The van der Waals surface area contributed by atoms with E-state index in [2.05, 4.69) is 21.0 Å². The molecule has 0 aliphatic rings. The molecular formula is C15H11BrN2O. The summed E-state index contributed by atoms with van der Waals surface area (Å²) >= 11 is 3.34. The van der Waals surface area contributed by atoms with Crippen molar-refractivity contribution in [3.8, 4) is 22.7 Å². The van der Waals surface area contributed by atoms with Gasteiger partial charge in [-0.1, -0.05) is 34.1 Å². The molecule has 0 bridgehead atoms. The maximum atomic E-state index is 10.1. The number of aromatic nitrogens is 2.